The average molecular weight is 300 g/mol. The summed E-state index contributed by atoms with van der Waals surface area (Å²) < 4.78 is 3.50. The minimum absolute atomic E-state index is 0.0179. The van der Waals surface area contributed by atoms with Gasteiger partial charge in [0.1, 0.15) is 0 Å². The van der Waals surface area contributed by atoms with Crippen molar-refractivity contribution in [2.75, 3.05) is 11.9 Å². The number of hydrogen-bond acceptors (Lipinski definition) is 8. The Kier molecular flexibility index (Phi) is 4.30. The Labute approximate surface area is 114 Å². The van der Waals surface area contributed by atoms with Gasteiger partial charge < -0.3 is 10.4 Å². The summed E-state index contributed by atoms with van der Waals surface area (Å²) in [5.74, 6) is -1.06. The molecule has 0 fully saturated rings. The molecule has 2 amide bonds. The van der Waals surface area contributed by atoms with Gasteiger partial charge in [-0.15, -0.1) is 11.3 Å². The van der Waals surface area contributed by atoms with Gasteiger partial charge in [-0.2, -0.15) is 0 Å². The van der Waals surface area contributed by atoms with Gasteiger partial charge in [-0.05, 0) is 5.21 Å². The summed E-state index contributed by atoms with van der Waals surface area (Å²) in [4.78, 5) is 25.9. The molecule has 0 aromatic carbocycles. The molecule has 0 saturated carbocycles. The molecule has 0 unspecified atom stereocenters. The van der Waals surface area contributed by atoms with Crippen LogP contribution in [0.25, 0.3) is 0 Å². The van der Waals surface area contributed by atoms with E-state index < -0.39 is 12.0 Å². The predicted molar refractivity (Wildman–Crippen MR) is 67.5 cm³/mol. The molecule has 0 saturated heterocycles. The molecule has 0 aliphatic carbocycles. The van der Waals surface area contributed by atoms with Crippen molar-refractivity contribution in [3.8, 4) is 0 Å². The standard InChI is InChI=1S/C8H8N6O3S2/c15-6(16)4-3-18-5(10-4)1-2-9-7(17)11-8-12-13-14-19-8/h3H,1-2H2,(H,15,16)(H2,9,11,12,14,17). The summed E-state index contributed by atoms with van der Waals surface area (Å²) in [6, 6.07) is -0.423. The number of thiazole rings is 1. The highest BCUT2D eigenvalue weighted by atomic mass is 32.1. The second kappa shape index (κ2) is 6.15. The first kappa shape index (κ1) is 13.3. The molecule has 0 spiro atoms. The highest BCUT2D eigenvalue weighted by Gasteiger charge is 2.09. The number of nitrogens with zero attached hydrogens (tertiary/aromatic N) is 4. The van der Waals surface area contributed by atoms with E-state index in [2.05, 4.69) is 30.4 Å². The Morgan fingerprint density at radius 1 is 1.42 bits per heavy atom. The lowest BCUT2D eigenvalue weighted by atomic mass is 10.4. The van der Waals surface area contributed by atoms with E-state index in [1.807, 2.05) is 0 Å². The summed E-state index contributed by atoms with van der Waals surface area (Å²) in [7, 11) is 0. The molecule has 2 aromatic rings. The SMILES string of the molecule is O=C(NCCc1nc(C(=O)O)cs1)Nc1nnns1. The quantitative estimate of drug-likeness (QED) is 0.730. The van der Waals surface area contributed by atoms with Crippen LogP contribution in [-0.2, 0) is 6.42 Å². The van der Waals surface area contributed by atoms with Crippen molar-refractivity contribution in [3.63, 3.8) is 0 Å². The number of carboxylic acid groups (broad SMARTS) is 1. The van der Waals surface area contributed by atoms with Crippen LogP contribution in [0.2, 0.25) is 0 Å². The number of aromatic nitrogens is 4. The second-order valence-electron chi connectivity index (χ2n) is 3.23. The molecule has 2 rings (SSSR count). The van der Waals surface area contributed by atoms with Crippen molar-refractivity contribution < 1.29 is 14.7 Å². The average Bonchev–Trinajstić information content (AvgIpc) is 3.00. The minimum atomic E-state index is -1.06. The normalized spacial score (nSPS) is 10.1. The highest BCUT2D eigenvalue weighted by Crippen LogP contribution is 2.10. The number of nitrogens with one attached hydrogen (secondary N) is 2. The first-order valence-corrected chi connectivity index (χ1v) is 6.68. The topological polar surface area (TPSA) is 130 Å². The molecule has 3 N–H and O–H groups in total. The fourth-order valence-corrected chi connectivity index (χ4v) is 2.26. The van der Waals surface area contributed by atoms with E-state index in [0.29, 0.717) is 23.1 Å². The van der Waals surface area contributed by atoms with Crippen LogP contribution in [-0.4, -0.2) is 43.4 Å². The van der Waals surface area contributed by atoms with E-state index >= 15 is 0 Å². The third-order valence-electron chi connectivity index (χ3n) is 1.92. The molecule has 0 aliphatic rings. The maximum absolute atomic E-state index is 11.4. The van der Waals surface area contributed by atoms with E-state index in [0.717, 1.165) is 11.5 Å². The number of carboxylic acids is 1. The van der Waals surface area contributed by atoms with Crippen LogP contribution in [0, 0.1) is 0 Å². The summed E-state index contributed by atoms with van der Waals surface area (Å²) in [6.45, 7) is 0.338. The zero-order valence-electron chi connectivity index (χ0n) is 9.36. The molecule has 2 heterocycles. The Morgan fingerprint density at radius 2 is 2.26 bits per heavy atom. The number of rotatable bonds is 5. The van der Waals surface area contributed by atoms with Crippen molar-refractivity contribution in [1.29, 1.82) is 0 Å². The summed E-state index contributed by atoms with van der Waals surface area (Å²) >= 11 is 2.21. The molecule has 0 radical (unpaired) electrons. The highest BCUT2D eigenvalue weighted by molar-refractivity contribution is 7.10. The molecule has 0 bridgehead atoms. The summed E-state index contributed by atoms with van der Waals surface area (Å²) in [6.07, 6.45) is 0.458. The molecule has 0 atom stereocenters. The maximum atomic E-state index is 11.4. The zero-order valence-corrected chi connectivity index (χ0v) is 11.0. The van der Waals surface area contributed by atoms with Crippen molar-refractivity contribution in [2.45, 2.75) is 6.42 Å². The smallest absolute Gasteiger partial charge is 0.355 e. The van der Waals surface area contributed by atoms with Gasteiger partial charge >= 0.3 is 12.0 Å². The molecule has 9 nitrogen and oxygen atoms in total. The van der Waals surface area contributed by atoms with Crippen LogP contribution in [0.1, 0.15) is 15.5 Å². The van der Waals surface area contributed by atoms with Gasteiger partial charge in [0.05, 0.1) is 5.01 Å². The third-order valence-corrected chi connectivity index (χ3v) is 3.34. The predicted octanol–water partition coefficient (Wildman–Crippen LogP) is 0.452. The Bertz CT molecular complexity index is 569. The second-order valence-corrected chi connectivity index (χ2v) is 4.91. The van der Waals surface area contributed by atoms with Gasteiger partial charge in [-0.3, -0.25) is 5.32 Å². The molecule has 11 heteroatoms. The lowest BCUT2D eigenvalue weighted by Gasteiger charge is -2.02. The van der Waals surface area contributed by atoms with E-state index in [1.54, 1.807) is 0 Å². The molecule has 0 aliphatic heterocycles. The van der Waals surface area contributed by atoms with Crippen LogP contribution >= 0.6 is 22.9 Å². The third kappa shape index (κ3) is 3.93. The molecule has 100 valence electrons. The number of carbonyl (C=O) groups is 2. The number of urea groups is 1. The lowest BCUT2D eigenvalue weighted by Crippen LogP contribution is -2.30. The molecule has 2 aromatic heterocycles. The van der Waals surface area contributed by atoms with Gasteiger partial charge in [0.2, 0.25) is 5.13 Å². The lowest BCUT2D eigenvalue weighted by molar-refractivity contribution is 0.0691. The van der Waals surface area contributed by atoms with E-state index in [1.165, 1.54) is 16.7 Å². The molecular formula is C8H8N6O3S2. The van der Waals surface area contributed by atoms with Crippen LogP contribution in [0.5, 0.6) is 0 Å². The fourth-order valence-electron chi connectivity index (χ4n) is 1.13. The van der Waals surface area contributed by atoms with Crippen molar-refractivity contribution in [1.82, 2.24) is 25.1 Å². The fraction of sp³-hybridized carbons (Fsp3) is 0.250. The van der Waals surface area contributed by atoms with Crippen LogP contribution in [0.15, 0.2) is 5.38 Å². The van der Waals surface area contributed by atoms with Crippen molar-refractivity contribution in [3.05, 3.63) is 16.1 Å². The number of amides is 2. The number of carbonyl (C=O) groups excluding carboxylic acids is 1. The van der Waals surface area contributed by atoms with Crippen molar-refractivity contribution >= 4 is 40.0 Å². The van der Waals surface area contributed by atoms with Crippen LogP contribution in [0.4, 0.5) is 9.93 Å². The van der Waals surface area contributed by atoms with Gasteiger partial charge in [0.25, 0.3) is 0 Å². The maximum Gasteiger partial charge on any atom is 0.355 e. The Hall–Kier alpha value is -2.14. The minimum Gasteiger partial charge on any atom is -0.476 e. The van der Waals surface area contributed by atoms with Gasteiger partial charge in [-0.25, -0.2) is 14.6 Å². The zero-order chi connectivity index (χ0) is 13.7. The monoisotopic (exact) mass is 300 g/mol. The summed E-state index contributed by atoms with van der Waals surface area (Å²) in [5.41, 5.74) is 0.0179. The van der Waals surface area contributed by atoms with E-state index in [-0.39, 0.29) is 5.69 Å². The van der Waals surface area contributed by atoms with E-state index in [9.17, 15) is 9.59 Å². The van der Waals surface area contributed by atoms with Gasteiger partial charge in [0, 0.05) is 29.9 Å². The van der Waals surface area contributed by atoms with Crippen molar-refractivity contribution in [2.24, 2.45) is 0 Å². The number of aromatic carboxylic acids is 1. The molecular weight excluding hydrogens is 292 g/mol. The van der Waals surface area contributed by atoms with Crippen LogP contribution in [0.3, 0.4) is 0 Å². The van der Waals surface area contributed by atoms with Gasteiger partial charge in [-0.1, -0.05) is 9.59 Å². The first-order chi connectivity index (χ1) is 9.15. The molecule has 19 heavy (non-hydrogen) atoms. The van der Waals surface area contributed by atoms with Gasteiger partial charge in [0.15, 0.2) is 5.69 Å². The van der Waals surface area contributed by atoms with Crippen LogP contribution < -0.4 is 10.6 Å². The largest absolute Gasteiger partial charge is 0.476 e. The summed E-state index contributed by atoms with van der Waals surface area (Å²) in [5, 5.41) is 23.0. The van der Waals surface area contributed by atoms with E-state index in [4.69, 9.17) is 5.11 Å². The first-order valence-electron chi connectivity index (χ1n) is 5.02. The number of anilines is 1. The Morgan fingerprint density at radius 3 is 2.89 bits per heavy atom. The Balaban J connectivity index is 1.73. The number of hydrogen-bond donors (Lipinski definition) is 3.